The van der Waals surface area contributed by atoms with Gasteiger partial charge >= 0.3 is 0 Å². The molecule has 0 bridgehead atoms. The first kappa shape index (κ1) is 22.4. The first-order valence-electron chi connectivity index (χ1n) is 9.92. The van der Waals surface area contributed by atoms with Crippen LogP contribution in [0.15, 0.2) is 84.3 Å². The number of anilines is 2. The maximum Gasteiger partial charge on any atom is 0.266 e. The lowest BCUT2D eigenvalue weighted by Gasteiger charge is -2.25. The van der Waals surface area contributed by atoms with Crippen molar-refractivity contribution in [3.8, 4) is 0 Å². The highest BCUT2D eigenvalue weighted by atomic mass is 35.5. The lowest BCUT2D eigenvalue weighted by atomic mass is 10.1. The molecule has 32 heavy (non-hydrogen) atoms. The van der Waals surface area contributed by atoms with Crippen LogP contribution in [0.3, 0.4) is 0 Å². The number of sulfonamides is 1. The Kier molecular flexibility index (Phi) is 6.29. The molecule has 1 amide bonds. The monoisotopic (exact) mass is 486 g/mol. The molecule has 0 atom stereocenters. The van der Waals surface area contributed by atoms with Crippen LogP contribution in [0.1, 0.15) is 15.9 Å². The number of rotatable bonds is 6. The van der Waals surface area contributed by atoms with Crippen molar-refractivity contribution in [2.24, 2.45) is 0 Å². The minimum atomic E-state index is -4.13. The SMILES string of the molecule is C=CCN(c1ccccc1Cl)S(=O)(=O)c1cc(C(=O)N2CCc3ccccc32)ccc1Cl. The predicted octanol–water partition coefficient (Wildman–Crippen LogP) is 5.58. The lowest BCUT2D eigenvalue weighted by molar-refractivity contribution is 0.0989. The molecule has 0 N–H and O–H groups in total. The normalized spacial score (nSPS) is 13.0. The second-order valence-electron chi connectivity index (χ2n) is 7.26. The number of fused-ring (bicyclic) bond motifs is 1. The van der Waals surface area contributed by atoms with Crippen LogP contribution in [-0.2, 0) is 16.4 Å². The largest absolute Gasteiger partial charge is 0.308 e. The van der Waals surface area contributed by atoms with E-state index in [0.29, 0.717) is 12.2 Å². The van der Waals surface area contributed by atoms with E-state index in [4.69, 9.17) is 23.2 Å². The van der Waals surface area contributed by atoms with Gasteiger partial charge < -0.3 is 4.90 Å². The number of carbonyl (C=O) groups is 1. The standard InChI is InChI=1S/C24H20Cl2N2O3S/c1-2-14-28(22-10-6-4-8-19(22)25)32(30,31)23-16-18(11-12-20(23)26)24(29)27-15-13-17-7-3-5-9-21(17)27/h2-12,16H,1,13-15H2. The summed E-state index contributed by atoms with van der Waals surface area (Å²) in [6.45, 7) is 4.18. The van der Waals surface area contributed by atoms with E-state index in [0.717, 1.165) is 22.0 Å². The molecule has 0 saturated carbocycles. The number of nitrogens with zero attached hydrogens (tertiary/aromatic N) is 2. The quantitative estimate of drug-likeness (QED) is 0.427. The van der Waals surface area contributed by atoms with Gasteiger partial charge in [0.15, 0.2) is 0 Å². The molecule has 1 aliphatic rings. The predicted molar refractivity (Wildman–Crippen MR) is 129 cm³/mol. The number of halogens is 2. The third kappa shape index (κ3) is 4.01. The highest BCUT2D eigenvalue weighted by Gasteiger charge is 2.30. The van der Waals surface area contributed by atoms with Gasteiger partial charge in [0.1, 0.15) is 4.90 Å². The Morgan fingerprint density at radius 1 is 1.03 bits per heavy atom. The molecule has 0 radical (unpaired) electrons. The Labute approximate surface area is 197 Å². The molecule has 5 nitrogen and oxygen atoms in total. The van der Waals surface area contributed by atoms with Crippen LogP contribution in [-0.4, -0.2) is 27.4 Å². The summed E-state index contributed by atoms with van der Waals surface area (Å²) in [5.41, 5.74) is 2.46. The third-order valence-corrected chi connectivity index (χ3v) is 7.88. The summed E-state index contributed by atoms with van der Waals surface area (Å²) in [7, 11) is -4.13. The van der Waals surface area contributed by atoms with Crippen molar-refractivity contribution in [1.29, 1.82) is 0 Å². The van der Waals surface area contributed by atoms with Crippen molar-refractivity contribution >= 4 is 50.5 Å². The van der Waals surface area contributed by atoms with Crippen molar-refractivity contribution in [2.75, 3.05) is 22.3 Å². The highest BCUT2D eigenvalue weighted by molar-refractivity contribution is 7.93. The van der Waals surface area contributed by atoms with Crippen LogP contribution in [0.25, 0.3) is 0 Å². The van der Waals surface area contributed by atoms with Crippen LogP contribution in [0, 0.1) is 0 Å². The third-order valence-electron chi connectivity index (χ3n) is 5.29. The second-order valence-corrected chi connectivity index (χ2v) is 9.90. The Morgan fingerprint density at radius 2 is 1.75 bits per heavy atom. The lowest BCUT2D eigenvalue weighted by Crippen LogP contribution is -2.32. The van der Waals surface area contributed by atoms with Gasteiger partial charge in [-0.1, -0.05) is 59.6 Å². The molecule has 0 aliphatic carbocycles. The van der Waals surface area contributed by atoms with E-state index in [-0.39, 0.29) is 33.0 Å². The topological polar surface area (TPSA) is 57.7 Å². The average Bonchev–Trinajstić information content (AvgIpc) is 3.22. The van der Waals surface area contributed by atoms with Crippen molar-refractivity contribution < 1.29 is 13.2 Å². The summed E-state index contributed by atoms with van der Waals surface area (Å²) in [6, 6.07) is 18.6. The molecule has 0 spiro atoms. The van der Waals surface area contributed by atoms with E-state index in [1.807, 2.05) is 24.3 Å². The van der Waals surface area contributed by atoms with E-state index in [1.54, 1.807) is 29.2 Å². The summed E-state index contributed by atoms with van der Waals surface area (Å²) in [6.07, 6.45) is 2.21. The molecule has 1 heterocycles. The molecule has 4 rings (SSSR count). The second kappa shape index (κ2) is 8.98. The van der Waals surface area contributed by atoms with E-state index in [1.165, 1.54) is 24.3 Å². The van der Waals surface area contributed by atoms with Crippen molar-refractivity contribution in [1.82, 2.24) is 0 Å². The van der Waals surface area contributed by atoms with Gasteiger partial charge in [-0.15, -0.1) is 6.58 Å². The van der Waals surface area contributed by atoms with Gasteiger partial charge in [0.2, 0.25) is 0 Å². The molecule has 0 fully saturated rings. The van der Waals surface area contributed by atoms with Crippen molar-refractivity contribution in [2.45, 2.75) is 11.3 Å². The molecular formula is C24H20Cl2N2O3S. The van der Waals surface area contributed by atoms with Crippen molar-refractivity contribution in [3.05, 3.63) is 101 Å². The smallest absolute Gasteiger partial charge is 0.266 e. The van der Waals surface area contributed by atoms with Gasteiger partial charge in [0, 0.05) is 17.8 Å². The van der Waals surface area contributed by atoms with Crippen LogP contribution in [0.2, 0.25) is 10.0 Å². The van der Waals surface area contributed by atoms with E-state index >= 15 is 0 Å². The van der Waals surface area contributed by atoms with Crippen LogP contribution < -0.4 is 9.21 Å². The zero-order valence-corrected chi connectivity index (χ0v) is 19.4. The summed E-state index contributed by atoms with van der Waals surface area (Å²) in [5.74, 6) is -0.281. The van der Waals surface area contributed by atoms with Crippen molar-refractivity contribution in [3.63, 3.8) is 0 Å². The molecule has 0 saturated heterocycles. The summed E-state index contributed by atoms with van der Waals surface area (Å²) < 4.78 is 28.3. The molecule has 8 heteroatoms. The maximum absolute atomic E-state index is 13.6. The van der Waals surface area contributed by atoms with Gasteiger partial charge in [-0.05, 0) is 48.4 Å². The first-order chi connectivity index (χ1) is 15.3. The van der Waals surface area contributed by atoms with Gasteiger partial charge in [-0.2, -0.15) is 0 Å². The molecular weight excluding hydrogens is 467 g/mol. The fourth-order valence-electron chi connectivity index (χ4n) is 3.76. The highest BCUT2D eigenvalue weighted by Crippen LogP contribution is 2.34. The Morgan fingerprint density at radius 3 is 2.50 bits per heavy atom. The molecule has 1 aliphatic heterocycles. The Hall–Kier alpha value is -2.80. The van der Waals surface area contributed by atoms with E-state index < -0.39 is 10.0 Å². The minimum absolute atomic E-state index is 0.0138. The maximum atomic E-state index is 13.6. The molecule has 0 unspecified atom stereocenters. The molecule has 3 aromatic carbocycles. The number of carbonyl (C=O) groups excluding carboxylic acids is 1. The van der Waals surface area contributed by atoms with Crippen LogP contribution >= 0.6 is 23.2 Å². The van der Waals surface area contributed by atoms with Crippen LogP contribution in [0.5, 0.6) is 0 Å². The van der Waals surface area contributed by atoms with Gasteiger partial charge in [-0.25, -0.2) is 8.42 Å². The van der Waals surface area contributed by atoms with Gasteiger partial charge in [-0.3, -0.25) is 9.10 Å². The first-order valence-corrected chi connectivity index (χ1v) is 12.1. The number of amides is 1. The fraction of sp³-hybridized carbons (Fsp3) is 0.125. The molecule has 164 valence electrons. The van der Waals surface area contributed by atoms with Gasteiger partial charge in [0.25, 0.3) is 15.9 Å². The zero-order valence-electron chi connectivity index (χ0n) is 17.0. The Bertz CT molecular complexity index is 1310. The number of para-hydroxylation sites is 2. The van der Waals surface area contributed by atoms with Crippen LogP contribution in [0.4, 0.5) is 11.4 Å². The zero-order chi connectivity index (χ0) is 22.9. The summed E-state index contributed by atoms with van der Waals surface area (Å²) in [5, 5.41) is 0.291. The number of hydrogen-bond donors (Lipinski definition) is 0. The Balaban J connectivity index is 1.76. The fourth-order valence-corrected chi connectivity index (χ4v) is 6.00. The minimum Gasteiger partial charge on any atom is -0.308 e. The average molecular weight is 487 g/mol. The van der Waals surface area contributed by atoms with E-state index in [9.17, 15) is 13.2 Å². The molecule has 0 aromatic heterocycles. The van der Waals surface area contributed by atoms with Gasteiger partial charge in [0.05, 0.1) is 22.3 Å². The van der Waals surface area contributed by atoms with E-state index in [2.05, 4.69) is 6.58 Å². The number of hydrogen-bond acceptors (Lipinski definition) is 3. The summed E-state index contributed by atoms with van der Waals surface area (Å²) in [4.78, 5) is 14.7. The number of benzene rings is 3. The summed E-state index contributed by atoms with van der Waals surface area (Å²) >= 11 is 12.6. The molecule has 3 aromatic rings.